The molecule has 1 aromatic rings. The van der Waals surface area contributed by atoms with Gasteiger partial charge in [-0.2, -0.15) is 0 Å². The van der Waals surface area contributed by atoms with E-state index in [9.17, 15) is 0 Å². The van der Waals surface area contributed by atoms with Crippen molar-refractivity contribution >= 4 is 23.1 Å². The van der Waals surface area contributed by atoms with Gasteiger partial charge >= 0.3 is 0 Å². The normalized spacial score (nSPS) is 13.0. The van der Waals surface area contributed by atoms with Gasteiger partial charge in [0.05, 0.1) is 4.21 Å². The van der Waals surface area contributed by atoms with Crippen LogP contribution in [0.5, 0.6) is 0 Å². The molecule has 14 heavy (non-hydrogen) atoms. The average molecular weight is 229 g/mol. The molecule has 0 spiro atoms. The van der Waals surface area contributed by atoms with Crippen LogP contribution in [0.1, 0.15) is 26.7 Å². The number of rotatable bonds is 7. The third kappa shape index (κ3) is 4.49. The fraction of sp³-hybridized carbons (Fsp3) is 0.636. The molecular formula is C11H19NS2. The SMILES string of the molecule is CCCNC(CC)CSc1cccs1. The molecule has 1 rings (SSSR count). The van der Waals surface area contributed by atoms with Gasteiger partial charge in [0.15, 0.2) is 0 Å². The van der Waals surface area contributed by atoms with E-state index in [0.29, 0.717) is 6.04 Å². The first-order valence-corrected chi connectivity index (χ1v) is 7.13. The van der Waals surface area contributed by atoms with Crippen LogP contribution in [0.25, 0.3) is 0 Å². The predicted molar refractivity (Wildman–Crippen MR) is 67.4 cm³/mol. The van der Waals surface area contributed by atoms with E-state index < -0.39 is 0 Å². The molecule has 0 saturated heterocycles. The smallest absolute Gasteiger partial charge is 0.0599 e. The Kier molecular flexibility index (Phi) is 6.32. The molecule has 0 aliphatic rings. The summed E-state index contributed by atoms with van der Waals surface area (Å²) >= 11 is 3.80. The molecule has 0 radical (unpaired) electrons. The first-order valence-electron chi connectivity index (χ1n) is 5.26. The Bertz CT molecular complexity index is 221. The Morgan fingerprint density at radius 1 is 1.50 bits per heavy atom. The first kappa shape index (κ1) is 12.1. The van der Waals surface area contributed by atoms with Crippen molar-refractivity contribution in [3.05, 3.63) is 17.5 Å². The highest BCUT2D eigenvalue weighted by Gasteiger charge is 2.05. The van der Waals surface area contributed by atoms with E-state index in [-0.39, 0.29) is 0 Å². The van der Waals surface area contributed by atoms with Crippen LogP contribution in [-0.2, 0) is 0 Å². The fourth-order valence-electron chi connectivity index (χ4n) is 1.20. The predicted octanol–water partition coefficient (Wildman–Crippen LogP) is 3.62. The van der Waals surface area contributed by atoms with Crippen molar-refractivity contribution in [2.75, 3.05) is 12.3 Å². The standard InChI is InChI=1S/C11H19NS2/c1-3-7-12-10(4-2)9-14-11-6-5-8-13-11/h5-6,8,10,12H,3-4,7,9H2,1-2H3. The summed E-state index contributed by atoms with van der Waals surface area (Å²) in [7, 11) is 0. The molecule has 1 nitrogen and oxygen atoms in total. The van der Waals surface area contributed by atoms with Gasteiger partial charge in [0, 0.05) is 11.8 Å². The van der Waals surface area contributed by atoms with E-state index >= 15 is 0 Å². The Balaban J connectivity index is 2.20. The molecule has 0 aliphatic heterocycles. The van der Waals surface area contributed by atoms with Crippen molar-refractivity contribution in [2.45, 2.75) is 36.9 Å². The lowest BCUT2D eigenvalue weighted by molar-refractivity contribution is 0.539. The molecule has 1 N–H and O–H groups in total. The van der Waals surface area contributed by atoms with Crippen molar-refractivity contribution in [1.29, 1.82) is 0 Å². The minimum absolute atomic E-state index is 0.669. The Morgan fingerprint density at radius 2 is 2.36 bits per heavy atom. The Morgan fingerprint density at radius 3 is 2.93 bits per heavy atom. The summed E-state index contributed by atoms with van der Waals surface area (Å²) in [5.41, 5.74) is 0. The lowest BCUT2D eigenvalue weighted by Crippen LogP contribution is -2.31. The van der Waals surface area contributed by atoms with Gasteiger partial charge in [0.25, 0.3) is 0 Å². The molecule has 0 bridgehead atoms. The summed E-state index contributed by atoms with van der Waals surface area (Å²) < 4.78 is 1.43. The van der Waals surface area contributed by atoms with Crippen LogP contribution in [0.4, 0.5) is 0 Å². The van der Waals surface area contributed by atoms with Gasteiger partial charge in [0.1, 0.15) is 0 Å². The number of hydrogen-bond donors (Lipinski definition) is 1. The van der Waals surface area contributed by atoms with E-state index in [4.69, 9.17) is 0 Å². The van der Waals surface area contributed by atoms with Crippen LogP contribution in [0, 0.1) is 0 Å². The molecule has 1 atom stereocenters. The number of thiophene rings is 1. The zero-order valence-corrected chi connectivity index (χ0v) is 10.6. The Labute approximate surface area is 95.3 Å². The van der Waals surface area contributed by atoms with Crippen LogP contribution in [-0.4, -0.2) is 18.3 Å². The van der Waals surface area contributed by atoms with Gasteiger partial charge in [-0.3, -0.25) is 0 Å². The maximum Gasteiger partial charge on any atom is 0.0599 e. The van der Waals surface area contributed by atoms with Gasteiger partial charge < -0.3 is 5.32 Å². The van der Waals surface area contributed by atoms with Crippen molar-refractivity contribution in [2.24, 2.45) is 0 Å². The Hall–Kier alpha value is 0.01000. The van der Waals surface area contributed by atoms with E-state index in [2.05, 4.69) is 36.7 Å². The van der Waals surface area contributed by atoms with Gasteiger partial charge in [-0.15, -0.1) is 23.1 Å². The maximum absolute atomic E-state index is 3.57. The summed E-state index contributed by atoms with van der Waals surface area (Å²) in [5, 5.41) is 5.71. The topological polar surface area (TPSA) is 12.0 Å². The molecule has 0 fully saturated rings. The zero-order valence-electron chi connectivity index (χ0n) is 8.95. The van der Waals surface area contributed by atoms with Gasteiger partial charge in [-0.05, 0) is 30.8 Å². The molecule has 0 aromatic carbocycles. The second-order valence-corrected chi connectivity index (χ2v) is 5.57. The van der Waals surface area contributed by atoms with Gasteiger partial charge in [-0.1, -0.05) is 19.9 Å². The first-order chi connectivity index (χ1) is 6.86. The molecule has 0 aliphatic carbocycles. The quantitative estimate of drug-likeness (QED) is 0.717. The van der Waals surface area contributed by atoms with Crippen molar-refractivity contribution in [1.82, 2.24) is 5.32 Å². The second kappa shape index (κ2) is 7.32. The number of thioether (sulfide) groups is 1. The maximum atomic E-state index is 3.57. The highest BCUT2D eigenvalue weighted by molar-refractivity contribution is 8.01. The highest BCUT2D eigenvalue weighted by atomic mass is 32.2. The minimum Gasteiger partial charge on any atom is -0.313 e. The molecule has 1 unspecified atom stereocenters. The zero-order chi connectivity index (χ0) is 10.2. The van der Waals surface area contributed by atoms with Crippen molar-refractivity contribution in [3.8, 4) is 0 Å². The summed E-state index contributed by atoms with van der Waals surface area (Å²) in [6.07, 6.45) is 2.44. The van der Waals surface area contributed by atoms with E-state index in [1.807, 2.05) is 23.1 Å². The summed E-state index contributed by atoms with van der Waals surface area (Å²) in [6.45, 7) is 5.61. The molecule has 0 saturated carbocycles. The van der Waals surface area contributed by atoms with E-state index in [1.54, 1.807) is 0 Å². The van der Waals surface area contributed by atoms with Crippen LogP contribution in [0.15, 0.2) is 21.7 Å². The third-order valence-electron chi connectivity index (χ3n) is 2.10. The molecule has 1 aromatic heterocycles. The highest BCUT2D eigenvalue weighted by Crippen LogP contribution is 2.24. The van der Waals surface area contributed by atoms with E-state index in [1.165, 1.54) is 22.8 Å². The van der Waals surface area contributed by atoms with Crippen molar-refractivity contribution < 1.29 is 0 Å². The lowest BCUT2D eigenvalue weighted by Gasteiger charge is -2.15. The summed E-state index contributed by atoms with van der Waals surface area (Å²) in [4.78, 5) is 0. The van der Waals surface area contributed by atoms with E-state index in [0.717, 1.165) is 6.54 Å². The minimum atomic E-state index is 0.669. The van der Waals surface area contributed by atoms with Gasteiger partial charge in [0.2, 0.25) is 0 Å². The molecule has 80 valence electrons. The van der Waals surface area contributed by atoms with Crippen LogP contribution in [0.2, 0.25) is 0 Å². The van der Waals surface area contributed by atoms with Crippen LogP contribution >= 0.6 is 23.1 Å². The fourth-order valence-corrected chi connectivity index (χ4v) is 3.18. The molecule has 0 amide bonds. The van der Waals surface area contributed by atoms with Crippen LogP contribution < -0.4 is 5.32 Å². The van der Waals surface area contributed by atoms with Gasteiger partial charge in [-0.25, -0.2) is 0 Å². The third-order valence-corrected chi connectivity index (χ3v) is 4.39. The number of nitrogens with one attached hydrogen (secondary N) is 1. The molecular weight excluding hydrogens is 210 g/mol. The number of hydrogen-bond acceptors (Lipinski definition) is 3. The average Bonchev–Trinajstić information content (AvgIpc) is 2.71. The lowest BCUT2D eigenvalue weighted by atomic mass is 10.2. The second-order valence-electron chi connectivity index (χ2n) is 3.30. The summed E-state index contributed by atoms with van der Waals surface area (Å²) in [5.74, 6) is 1.19. The van der Waals surface area contributed by atoms with Crippen molar-refractivity contribution in [3.63, 3.8) is 0 Å². The largest absolute Gasteiger partial charge is 0.313 e. The molecule has 3 heteroatoms. The molecule has 1 heterocycles. The monoisotopic (exact) mass is 229 g/mol. The van der Waals surface area contributed by atoms with Crippen LogP contribution in [0.3, 0.4) is 0 Å². The summed E-state index contributed by atoms with van der Waals surface area (Å²) in [6, 6.07) is 4.98.